The summed E-state index contributed by atoms with van der Waals surface area (Å²) < 4.78 is 0.861. The highest BCUT2D eigenvalue weighted by Crippen LogP contribution is 2.36. The summed E-state index contributed by atoms with van der Waals surface area (Å²) in [6.45, 7) is 0. The van der Waals surface area contributed by atoms with Crippen molar-refractivity contribution in [3.8, 4) is 0 Å². The van der Waals surface area contributed by atoms with Crippen LogP contribution in [0.25, 0.3) is 0 Å². The Morgan fingerprint density at radius 2 is 2.00 bits per heavy atom. The van der Waals surface area contributed by atoms with Gasteiger partial charge < -0.3 is 5.73 Å². The van der Waals surface area contributed by atoms with Crippen molar-refractivity contribution >= 4 is 35.3 Å². The average Bonchev–Trinajstić information content (AvgIpc) is 2.85. The molecule has 2 atom stereocenters. The van der Waals surface area contributed by atoms with Gasteiger partial charge in [0.1, 0.15) is 0 Å². The molecule has 96 valence electrons. The van der Waals surface area contributed by atoms with Gasteiger partial charge in [0, 0.05) is 16.8 Å². The van der Waals surface area contributed by atoms with E-state index in [0.29, 0.717) is 5.92 Å². The molecule has 0 amide bonds. The van der Waals surface area contributed by atoms with E-state index in [9.17, 15) is 0 Å². The van der Waals surface area contributed by atoms with Crippen LogP contribution in [0.15, 0.2) is 36.4 Å². The maximum atomic E-state index is 6.26. The molecule has 1 heterocycles. The van der Waals surface area contributed by atoms with Gasteiger partial charge in [0.05, 0.1) is 4.34 Å². The third kappa shape index (κ3) is 2.57. The Bertz CT molecular complexity index is 538. The number of nitrogens with two attached hydrogens (primary N) is 1. The van der Waals surface area contributed by atoms with Gasteiger partial charge >= 0.3 is 0 Å². The van der Waals surface area contributed by atoms with Gasteiger partial charge in [-0.3, -0.25) is 0 Å². The molecule has 18 heavy (non-hydrogen) atoms. The van der Waals surface area contributed by atoms with E-state index in [1.54, 1.807) is 11.3 Å². The Morgan fingerprint density at radius 3 is 2.72 bits per heavy atom. The molecule has 1 unspecified atom stereocenters. The Hall–Kier alpha value is -0.540. The normalized spacial score (nSPS) is 21.4. The highest BCUT2D eigenvalue weighted by Gasteiger charge is 2.29. The van der Waals surface area contributed by atoms with Crippen LogP contribution in [0.3, 0.4) is 0 Å². The monoisotopic (exact) mass is 299 g/mol. The van der Waals surface area contributed by atoms with Gasteiger partial charge in [0.2, 0.25) is 0 Å². The van der Waals surface area contributed by atoms with Crippen LogP contribution in [0, 0.1) is 0 Å². The molecular weight excluding hydrogens is 285 g/mol. The summed E-state index contributed by atoms with van der Waals surface area (Å²) in [6.07, 6.45) is 2.01. The zero-order valence-corrected chi connectivity index (χ0v) is 12.2. The molecule has 0 fully saturated rings. The molecule has 1 aromatic heterocycles. The summed E-state index contributed by atoms with van der Waals surface area (Å²) in [5.74, 6) is 0.445. The smallest absolute Gasteiger partial charge is 0.0931 e. The third-order valence-electron chi connectivity index (χ3n) is 3.48. The number of hydrogen-bond acceptors (Lipinski definition) is 2. The van der Waals surface area contributed by atoms with Crippen molar-refractivity contribution in [2.45, 2.75) is 24.8 Å². The number of thiophene rings is 1. The first-order valence-corrected chi connectivity index (χ1v) is 7.01. The van der Waals surface area contributed by atoms with E-state index < -0.39 is 0 Å². The topological polar surface area (TPSA) is 26.0 Å². The van der Waals surface area contributed by atoms with Crippen LogP contribution in [0.4, 0.5) is 0 Å². The molecule has 3 rings (SSSR count). The van der Waals surface area contributed by atoms with Crippen molar-refractivity contribution in [3.63, 3.8) is 0 Å². The van der Waals surface area contributed by atoms with Crippen molar-refractivity contribution in [2.24, 2.45) is 5.73 Å². The van der Waals surface area contributed by atoms with Gasteiger partial charge in [-0.15, -0.1) is 23.7 Å². The Balaban J connectivity index is 0.00000120. The highest BCUT2D eigenvalue weighted by atomic mass is 35.5. The van der Waals surface area contributed by atoms with Crippen LogP contribution in [0.1, 0.15) is 21.9 Å². The molecule has 4 heteroatoms. The van der Waals surface area contributed by atoms with Crippen molar-refractivity contribution in [1.29, 1.82) is 0 Å². The molecular formula is C14H15Cl2NS. The lowest BCUT2D eigenvalue weighted by molar-refractivity contribution is 0.574. The van der Waals surface area contributed by atoms with E-state index in [1.165, 1.54) is 16.0 Å². The second-order valence-electron chi connectivity index (χ2n) is 4.58. The standard InChI is InChI=1S/C14H14ClNS.ClH/c15-14-6-5-10(17-14)8-12-11-4-2-1-3-9(11)7-13(12)16;/h1-6,12-13H,7-8,16H2;1H/t12?,13-;/m0./s1. The van der Waals surface area contributed by atoms with Gasteiger partial charge in [-0.25, -0.2) is 0 Å². The van der Waals surface area contributed by atoms with E-state index in [0.717, 1.165) is 17.2 Å². The van der Waals surface area contributed by atoms with Crippen LogP contribution in [-0.4, -0.2) is 6.04 Å². The van der Waals surface area contributed by atoms with Gasteiger partial charge in [-0.2, -0.15) is 0 Å². The molecule has 0 saturated carbocycles. The molecule has 2 aromatic rings. The summed E-state index contributed by atoms with van der Waals surface area (Å²) in [4.78, 5) is 1.33. The molecule has 2 N–H and O–H groups in total. The molecule has 0 radical (unpaired) electrons. The predicted octanol–water partition coefficient (Wildman–Crippen LogP) is 4.03. The minimum absolute atomic E-state index is 0. The largest absolute Gasteiger partial charge is 0.327 e. The first-order chi connectivity index (χ1) is 8.24. The first kappa shape index (κ1) is 13.9. The number of benzene rings is 1. The third-order valence-corrected chi connectivity index (χ3v) is 4.73. The minimum Gasteiger partial charge on any atom is -0.327 e. The number of rotatable bonds is 2. The lowest BCUT2D eigenvalue weighted by Gasteiger charge is -2.15. The van der Waals surface area contributed by atoms with Crippen LogP contribution < -0.4 is 5.73 Å². The molecule has 0 bridgehead atoms. The van der Waals surface area contributed by atoms with Crippen molar-refractivity contribution in [2.75, 3.05) is 0 Å². The first-order valence-electron chi connectivity index (χ1n) is 5.81. The lowest BCUT2D eigenvalue weighted by Crippen LogP contribution is -2.26. The van der Waals surface area contributed by atoms with Crippen molar-refractivity contribution in [3.05, 3.63) is 56.7 Å². The SMILES string of the molecule is Cl.N[C@H]1Cc2ccccc2C1Cc1ccc(Cl)s1. The van der Waals surface area contributed by atoms with E-state index in [-0.39, 0.29) is 18.4 Å². The maximum Gasteiger partial charge on any atom is 0.0931 e. The minimum atomic E-state index is 0. The molecule has 0 aliphatic heterocycles. The molecule has 1 aromatic carbocycles. The highest BCUT2D eigenvalue weighted by molar-refractivity contribution is 7.16. The Morgan fingerprint density at radius 1 is 1.22 bits per heavy atom. The molecule has 1 aliphatic carbocycles. The second-order valence-corrected chi connectivity index (χ2v) is 6.38. The number of hydrogen-bond donors (Lipinski definition) is 1. The van der Waals surface area contributed by atoms with Gasteiger partial charge in [0.25, 0.3) is 0 Å². The van der Waals surface area contributed by atoms with E-state index in [2.05, 4.69) is 30.3 Å². The molecule has 0 spiro atoms. The van der Waals surface area contributed by atoms with Crippen molar-refractivity contribution < 1.29 is 0 Å². The fourth-order valence-corrected chi connectivity index (χ4v) is 3.79. The van der Waals surface area contributed by atoms with E-state index >= 15 is 0 Å². The summed E-state index contributed by atoms with van der Waals surface area (Å²) >= 11 is 7.63. The van der Waals surface area contributed by atoms with Gasteiger partial charge in [0.15, 0.2) is 0 Å². The number of fused-ring (bicyclic) bond motifs is 1. The quantitative estimate of drug-likeness (QED) is 0.890. The molecule has 1 aliphatic rings. The maximum absolute atomic E-state index is 6.26. The summed E-state index contributed by atoms with van der Waals surface area (Å²) in [5, 5.41) is 0. The fourth-order valence-electron chi connectivity index (χ4n) is 2.65. The average molecular weight is 300 g/mol. The molecule has 0 saturated heterocycles. The van der Waals surface area contributed by atoms with Gasteiger partial charge in [-0.1, -0.05) is 35.9 Å². The summed E-state index contributed by atoms with van der Waals surface area (Å²) in [7, 11) is 0. The zero-order chi connectivity index (χ0) is 11.8. The van der Waals surface area contributed by atoms with E-state index in [1.807, 2.05) is 6.07 Å². The van der Waals surface area contributed by atoms with Crippen LogP contribution >= 0.6 is 35.3 Å². The van der Waals surface area contributed by atoms with Crippen molar-refractivity contribution in [1.82, 2.24) is 0 Å². The van der Waals surface area contributed by atoms with E-state index in [4.69, 9.17) is 17.3 Å². The van der Waals surface area contributed by atoms with Crippen LogP contribution in [0.2, 0.25) is 4.34 Å². The summed E-state index contributed by atoms with van der Waals surface area (Å²) in [5.41, 5.74) is 9.09. The van der Waals surface area contributed by atoms with Gasteiger partial charge in [-0.05, 0) is 36.1 Å². The Kier molecular flexibility index (Phi) is 4.33. The lowest BCUT2D eigenvalue weighted by atomic mass is 9.94. The Labute approximate surface area is 122 Å². The summed E-state index contributed by atoms with van der Waals surface area (Å²) in [6, 6.07) is 12.9. The number of halogens is 2. The zero-order valence-electron chi connectivity index (χ0n) is 9.80. The molecule has 1 nitrogen and oxygen atoms in total. The van der Waals surface area contributed by atoms with Crippen LogP contribution in [-0.2, 0) is 12.8 Å². The second kappa shape index (κ2) is 5.62. The predicted molar refractivity (Wildman–Crippen MR) is 81.1 cm³/mol. The van der Waals surface area contributed by atoms with Crippen LogP contribution in [0.5, 0.6) is 0 Å². The fraction of sp³-hybridized carbons (Fsp3) is 0.286.